The summed E-state index contributed by atoms with van der Waals surface area (Å²) < 4.78 is 0. The minimum atomic E-state index is -1.72. The molecule has 1 aliphatic heterocycles. The summed E-state index contributed by atoms with van der Waals surface area (Å²) in [7, 11) is 0. The van der Waals surface area contributed by atoms with Gasteiger partial charge in [0.1, 0.15) is 42.3 Å². The maximum atomic E-state index is 14.2. The molecule has 9 amide bonds. The minimum absolute atomic E-state index is 0.00148. The van der Waals surface area contributed by atoms with Crippen molar-refractivity contribution in [2.24, 2.45) is 77.5 Å². The van der Waals surface area contributed by atoms with Crippen LogP contribution in [0.15, 0.2) is 20.0 Å². The molecule has 0 aromatic carbocycles. The molecule has 394 valence electrons. The summed E-state index contributed by atoms with van der Waals surface area (Å²) in [6.45, 7) is 1.34. The fourth-order valence-electron chi connectivity index (χ4n) is 6.51. The lowest BCUT2D eigenvalue weighted by atomic mass is 10.0. The van der Waals surface area contributed by atoms with E-state index in [2.05, 4.69) is 62.5 Å². The Morgan fingerprint density at radius 3 is 1.11 bits per heavy atom. The van der Waals surface area contributed by atoms with Gasteiger partial charge in [0.15, 0.2) is 23.8 Å². The van der Waals surface area contributed by atoms with Gasteiger partial charge >= 0.3 is 0 Å². The molecule has 70 heavy (non-hydrogen) atoms. The summed E-state index contributed by atoms with van der Waals surface area (Å²) >= 11 is 0. The van der Waals surface area contributed by atoms with Crippen LogP contribution in [0.3, 0.4) is 0 Å². The highest BCUT2D eigenvalue weighted by atomic mass is 16.3. The molecule has 0 radical (unpaired) electrons. The Balaban J connectivity index is 3.98. The number of rotatable bonds is 21. The molecule has 1 aliphatic rings. The van der Waals surface area contributed by atoms with Crippen molar-refractivity contribution in [1.82, 2.24) is 42.5 Å². The topological polar surface area (TPSA) is 554 Å². The van der Waals surface area contributed by atoms with E-state index in [4.69, 9.17) is 51.6 Å². The molecule has 0 saturated carbocycles. The summed E-state index contributed by atoms with van der Waals surface area (Å²) in [5, 5.41) is 30.2. The predicted octanol–water partition coefficient (Wildman–Crippen LogP) is -9.36. The van der Waals surface area contributed by atoms with Gasteiger partial charge in [-0.05, 0) is 63.7 Å². The van der Waals surface area contributed by atoms with Crippen LogP contribution in [-0.2, 0) is 43.2 Å². The van der Waals surface area contributed by atoms with Gasteiger partial charge < -0.3 is 99.2 Å². The minimum Gasteiger partial charge on any atom is -0.394 e. The number of nitrogens with zero attached hydrogens (tertiary/aromatic N) is 4. The number of hydrogen-bond donors (Lipinski definition) is 18. The second kappa shape index (κ2) is 32.1. The third kappa shape index (κ3) is 24.9. The zero-order valence-corrected chi connectivity index (χ0v) is 39.5. The number of carbonyl (C=O) groups excluding carboxylic acids is 9. The number of nitrogens with two attached hydrogens (primary N) is 9. The largest absolute Gasteiger partial charge is 0.394 e. The molecule has 0 bridgehead atoms. The lowest BCUT2D eigenvalue weighted by molar-refractivity contribution is -0.137. The van der Waals surface area contributed by atoms with Gasteiger partial charge in [-0.15, -0.1) is 0 Å². The highest BCUT2D eigenvalue weighted by Gasteiger charge is 2.35. The van der Waals surface area contributed by atoms with Crippen LogP contribution < -0.4 is 94.1 Å². The van der Waals surface area contributed by atoms with Crippen molar-refractivity contribution in [1.29, 1.82) is 0 Å². The van der Waals surface area contributed by atoms with E-state index in [1.54, 1.807) is 13.8 Å². The van der Waals surface area contributed by atoms with Gasteiger partial charge in [0.2, 0.25) is 53.2 Å². The second-order valence-corrected chi connectivity index (χ2v) is 16.4. The van der Waals surface area contributed by atoms with Gasteiger partial charge in [-0.2, -0.15) is 0 Å². The SMILES string of the molecule is CC(C)[C@@H]1NC(=O)[C@H](CO)NC(=O)[C@H](CCCN=C(N)N)NC(=O)[C@H](CCCN=C(N)N)NC(=O)[C@H](CCCN=C(N)N)NC(=O)[C@H](CCCN=C(N)N)NC(=O)CNC(=O)[C@H](CCC(N)=O)NC1=O. The molecule has 0 aliphatic carbocycles. The van der Waals surface area contributed by atoms with E-state index >= 15 is 0 Å². The summed E-state index contributed by atoms with van der Waals surface area (Å²) in [5.41, 5.74) is 49.1. The number of nitrogens with one attached hydrogen (secondary N) is 8. The van der Waals surface area contributed by atoms with Crippen molar-refractivity contribution in [3.05, 3.63) is 0 Å². The Bertz CT molecular complexity index is 1910. The smallest absolute Gasteiger partial charge is 0.245 e. The van der Waals surface area contributed by atoms with Crippen molar-refractivity contribution in [3.8, 4) is 0 Å². The average molecular weight is 996 g/mol. The maximum Gasteiger partial charge on any atom is 0.245 e. The Morgan fingerprint density at radius 2 is 0.786 bits per heavy atom. The summed E-state index contributed by atoms with van der Waals surface area (Å²) in [5.74, 6) is -10.1. The van der Waals surface area contributed by atoms with Crippen molar-refractivity contribution in [2.45, 2.75) is 120 Å². The van der Waals surface area contributed by atoms with Gasteiger partial charge in [-0.3, -0.25) is 63.1 Å². The van der Waals surface area contributed by atoms with E-state index in [0.29, 0.717) is 0 Å². The van der Waals surface area contributed by atoms with Crippen LogP contribution in [0, 0.1) is 5.92 Å². The molecule has 0 aromatic heterocycles. The van der Waals surface area contributed by atoms with Crippen LogP contribution in [0.1, 0.15) is 78.1 Å². The molecule has 0 unspecified atom stereocenters. The van der Waals surface area contributed by atoms with Crippen molar-refractivity contribution >= 4 is 77.0 Å². The summed E-state index contributed by atoms with van der Waals surface area (Å²) in [4.78, 5) is 138. The Hall–Kier alpha value is -7.73. The fourth-order valence-corrected chi connectivity index (χ4v) is 6.51. The van der Waals surface area contributed by atoms with E-state index in [0.717, 1.165) is 0 Å². The van der Waals surface area contributed by atoms with E-state index < -0.39 is 121 Å². The quantitative estimate of drug-likeness (QED) is 0.0288. The van der Waals surface area contributed by atoms with E-state index in [9.17, 15) is 48.3 Å². The first-order chi connectivity index (χ1) is 32.9. The van der Waals surface area contributed by atoms with Crippen LogP contribution in [-0.4, -0.2) is 164 Å². The van der Waals surface area contributed by atoms with Crippen LogP contribution in [0.5, 0.6) is 0 Å². The third-order valence-corrected chi connectivity index (χ3v) is 10.1. The van der Waals surface area contributed by atoms with Crippen LogP contribution in [0.2, 0.25) is 0 Å². The molecule has 0 aromatic rings. The van der Waals surface area contributed by atoms with Gasteiger partial charge in [0.25, 0.3) is 0 Å². The normalized spacial score (nSPS) is 22.4. The van der Waals surface area contributed by atoms with Gasteiger partial charge in [-0.25, -0.2) is 0 Å². The monoisotopic (exact) mass is 996 g/mol. The number of aliphatic hydroxyl groups excluding tert-OH is 1. The molecule has 0 spiro atoms. The first-order valence-electron chi connectivity index (χ1n) is 22.5. The van der Waals surface area contributed by atoms with Gasteiger partial charge in [0, 0.05) is 32.6 Å². The lowest BCUT2D eigenvalue weighted by Crippen LogP contribution is -2.61. The third-order valence-electron chi connectivity index (χ3n) is 10.1. The molecule has 1 rings (SSSR count). The van der Waals surface area contributed by atoms with Crippen LogP contribution >= 0.6 is 0 Å². The molecule has 1 heterocycles. The molecule has 31 nitrogen and oxygen atoms in total. The van der Waals surface area contributed by atoms with Crippen molar-refractivity contribution in [3.63, 3.8) is 0 Å². The maximum absolute atomic E-state index is 14.2. The molecule has 1 saturated heterocycles. The molecule has 31 heteroatoms. The molecule has 27 N–H and O–H groups in total. The lowest BCUT2D eigenvalue weighted by Gasteiger charge is -2.28. The second-order valence-electron chi connectivity index (χ2n) is 16.4. The zero-order valence-electron chi connectivity index (χ0n) is 39.5. The standard InChI is InChI=1S/C39H73N21O10/c1-19(2)28-35(70)58-24(11-12-26(40)62)29(64)53-17-27(63)54-20(7-3-13-49-36(41)42)30(65)55-21(8-4-14-50-37(43)44)31(66)56-22(9-5-15-51-38(45)46)32(67)57-23(10-6-16-52-39(47)48)33(68)59-25(18-61)34(69)60-28/h19-25,28,61H,3-18H2,1-2H3,(H2,40,62)(H,53,64)(H,54,63)(H,55,65)(H,56,66)(H,57,67)(H,58,70)(H,59,68)(H,60,69)(H4,41,42,49)(H4,43,44,50)(H4,45,46,51)(H4,47,48,52)/t20-,21-,22-,23-,24-,25-,28-/m0/s1. The first kappa shape index (κ1) is 60.3. The molecular formula is C39H73N21O10. The zero-order chi connectivity index (χ0) is 52.9. The number of carbonyl (C=O) groups is 9. The van der Waals surface area contributed by atoms with Gasteiger partial charge in [-0.1, -0.05) is 13.8 Å². The predicted molar refractivity (Wildman–Crippen MR) is 257 cm³/mol. The molecular weight excluding hydrogens is 923 g/mol. The van der Waals surface area contributed by atoms with Crippen LogP contribution in [0.25, 0.3) is 0 Å². The Labute approximate surface area is 404 Å². The average Bonchev–Trinajstić information content (AvgIpc) is 3.27. The van der Waals surface area contributed by atoms with Crippen molar-refractivity contribution < 1.29 is 48.3 Å². The number of primary amides is 1. The molecule has 1 fully saturated rings. The summed E-state index contributed by atoms with van der Waals surface area (Å²) in [6.07, 6.45) is -0.864. The fraction of sp³-hybridized carbons (Fsp3) is 0.667. The Morgan fingerprint density at radius 1 is 0.471 bits per heavy atom. The highest BCUT2D eigenvalue weighted by molar-refractivity contribution is 5.98. The van der Waals surface area contributed by atoms with E-state index in [1.165, 1.54) is 0 Å². The van der Waals surface area contributed by atoms with Gasteiger partial charge in [0.05, 0.1) is 13.2 Å². The summed E-state index contributed by atoms with van der Waals surface area (Å²) in [6, 6.07) is -10.4. The number of hydrogen-bond acceptors (Lipinski definition) is 14. The number of aliphatic hydroxyl groups is 1. The highest BCUT2D eigenvalue weighted by Crippen LogP contribution is 2.10. The number of amides is 9. The first-order valence-corrected chi connectivity index (χ1v) is 22.5. The van der Waals surface area contributed by atoms with E-state index in [1.807, 2.05) is 0 Å². The van der Waals surface area contributed by atoms with Crippen LogP contribution in [0.4, 0.5) is 0 Å². The Kier molecular flexibility index (Phi) is 27.6. The molecule has 7 atom stereocenters. The van der Waals surface area contributed by atoms with Crippen molar-refractivity contribution in [2.75, 3.05) is 39.3 Å². The number of guanidine groups is 4. The van der Waals surface area contributed by atoms with E-state index in [-0.39, 0.29) is 108 Å². The number of aliphatic imine (C=N–C) groups is 4.